The van der Waals surface area contributed by atoms with Crippen molar-refractivity contribution in [3.63, 3.8) is 0 Å². The Hall–Kier alpha value is 0.0700. The lowest BCUT2D eigenvalue weighted by Gasteiger charge is -2.34. The van der Waals surface area contributed by atoms with E-state index in [1.54, 1.807) is 4.31 Å². The van der Waals surface area contributed by atoms with E-state index in [1.807, 2.05) is 13.8 Å². The van der Waals surface area contributed by atoms with Crippen molar-refractivity contribution in [3.05, 3.63) is 0 Å². The van der Waals surface area contributed by atoms with Gasteiger partial charge in [0.25, 0.3) is 0 Å². The van der Waals surface area contributed by atoms with E-state index in [-0.39, 0.29) is 11.5 Å². The summed E-state index contributed by atoms with van der Waals surface area (Å²) in [5, 5.41) is 0. The van der Waals surface area contributed by atoms with Gasteiger partial charge in [-0.25, -0.2) is 4.21 Å². The van der Waals surface area contributed by atoms with Crippen LogP contribution in [0.5, 0.6) is 0 Å². The molecule has 2 atom stereocenters. The molecule has 0 bridgehead atoms. The van der Waals surface area contributed by atoms with Crippen molar-refractivity contribution in [2.24, 2.45) is 5.41 Å². The van der Waals surface area contributed by atoms with Gasteiger partial charge in [-0.15, -0.1) is 0 Å². The standard InChI is InChI=1S/C8H19NO2S/c1-6-9(12(10)11)7(2)8(3,4)5/h7H,6H2,1-5H3,(H,10,11). The fraction of sp³-hybridized carbons (Fsp3) is 1.00. The lowest BCUT2D eigenvalue weighted by Crippen LogP contribution is -2.42. The first kappa shape index (κ1) is 12.1. The summed E-state index contributed by atoms with van der Waals surface area (Å²) in [6.07, 6.45) is 0. The first-order chi connectivity index (χ1) is 5.30. The van der Waals surface area contributed by atoms with Crippen LogP contribution < -0.4 is 0 Å². The lowest BCUT2D eigenvalue weighted by atomic mass is 9.88. The van der Waals surface area contributed by atoms with Crippen LogP contribution in [0.4, 0.5) is 0 Å². The van der Waals surface area contributed by atoms with E-state index in [1.165, 1.54) is 0 Å². The zero-order chi connectivity index (χ0) is 9.94. The van der Waals surface area contributed by atoms with E-state index in [9.17, 15) is 4.21 Å². The molecule has 1 N–H and O–H groups in total. The van der Waals surface area contributed by atoms with Crippen LogP contribution in [0.1, 0.15) is 34.6 Å². The Kier molecular flexibility index (Phi) is 4.37. The summed E-state index contributed by atoms with van der Waals surface area (Å²) in [5.74, 6) is 0. The molecule has 0 amide bonds. The lowest BCUT2D eigenvalue weighted by molar-refractivity contribution is 0.196. The van der Waals surface area contributed by atoms with Gasteiger partial charge >= 0.3 is 0 Å². The molecule has 0 heterocycles. The Bertz CT molecular complexity index is 165. The first-order valence-corrected chi connectivity index (χ1v) is 5.24. The highest BCUT2D eigenvalue weighted by Crippen LogP contribution is 2.24. The summed E-state index contributed by atoms with van der Waals surface area (Å²) in [5.41, 5.74) is 0.0361. The van der Waals surface area contributed by atoms with E-state index in [0.717, 1.165) is 0 Å². The fourth-order valence-corrected chi connectivity index (χ4v) is 1.76. The molecule has 2 unspecified atom stereocenters. The molecule has 0 aromatic heterocycles. The summed E-state index contributed by atoms with van der Waals surface area (Å²) >= 11 is -1.85. The Labute approximate surface area is 77.6 Å². The molecule has 0 aromatic rings. The predicted molar refractivity (Wildman–Crippen MR) is 52.1 cm³/mol. The summed E-state index contributed by atoms with van der Waals surface area (Å²) in [6, 6.07) is 0.105. The largest absolute Gasteiger partial charge is 0.294 e. The molecule has 0 aliphatic carbocycles. The second-order valence-electron chi connectivity index (χ2n) is 4.01. The average Bonchev–Trinajstić information content (AvgIpc) is 1.86. The summed E-state index contributed by atoms with van der Waals surface area (Å²) in [6.45, 7) is 10.6. The van der Waals surface area contributed by atoms with Gasteiger partial charge in [0.15, 0.2) is 0 Å². The van der Waals surface area contributed by atoms with Crippen molar-refractivity contribution in [1.29, 1.82) is 0 Å². The van der Waals surface area contributed by atoms with E-state index < -0.39 is 11.3 Å². The summed E-state index contributed by atoms with van der Waals surface area (Å²) in [7, 11) is 0. The molecule has 0 radical (unpaired) electrons. The molecular formula is C8H19NO2S. The predicted octanol–water partition coefficient (Wildman–Crippen LogP) is 1.88. The minimum absolute atomic E-state index is 0.0361. The Balaban J connectivity index is 4.42. The normalized spacial score (nSPS) is 17.9. The zero-order valence-electron chi connectivity index (χ0n) is 8.50. The van der Waals surface area contributed by atoms with Gasteiger partial charge in [-0.05, 0) is 12.3 Å². The molecular weight excluding hydrogens is 174 g/mol. The van der Waals surface area contributed by atoms with Gasteiger partial charge in [0.05, 0.1) is 0 Å². The minimum atomic E-state index is -1.85. The highest BCUT2D eigenvalue weighted by Gasteiger charge is 2.28. The highest BCUT2D eigenvalue weighted by atomic mass is 32.2. The third kappa shape index (κ3) is 3.21. The van der Waals surface area contributed by atoms with Crippen LogP contribution in [0.2, 0.25) is 0 Å². The van der Waals surface area contributed by atoms with Gasteiger partial charge in [0.1, 0.15) is 0 Å². The summed E-state index contributed by atoms with van der Waals surface area (Å²) in [4.78, 5) is 0. The van der Waals surface area contributed by atoms with Crippen LogP contribution >= 0.6 is 0 Å². The van der Waals surface area contributed by atoms with Gasteiger partial charge in [0.2, 0.25) is 11.3 Å². The molecule has 0 saturated heterocycles. The van der Waals surface area contributed by atoms with Crippen LogP contribution in [-0.2, 0) is 11.3 Å². The molecule has 0 spiro atoms. The van der Waals surface area contributed by atoms with Crippen molar-refractivity contribution < 1.29 is 8.76 Å². The molecule has 0 rings (SSSR count). The van der Waals surface area contributed by atoms with Crippen LogP contribution in [0.3, 0.4) is 0 Å². The maximum Gasteiger partial charge on any atom is 0.234 e. The average molecular weight is 193 g/mol. The number of hydrogen-bond donors (Lipinski definition) is 1. The van der Waals surface area contributed by atoms with E-state index in [0.29, 0.717) is 6.54 Å². The smallest absolute Gasteiger partial charge is 0.234 e. The van der Waals surface area contributed by atoms with Crippen molar-refractivity contribution in [2.45, 2.75) is 40.7 Å². The fourth-order valence-electron chi connectivity index (χ4n) is 0.952. The van der Waals surface area contributed by atoms with Crippen molar-refractivity contribution >= 4 is 11.3 Å². The molecule has 4 heteroatoms. The van der Waals surface area contributed by atoms with Gasteiger partial charge in [0, 0.05) is 12.6 Å². The Morgan fingerprint density at radius 2 is 1.92 bits per heavy atom. The van der Waals surface area contributed by atoms with E-state index >= 15 is 0 Å². The number of hydrogen-bond acceptors (Lipinski definition) is 1. The monoisotopic (exact) mass is 193 g/mol. The molecule has 0 saturated carbocycles. The second kappa shape index (κ2) is 4.35. The number of rotatable bonds is 3. The summed E-state index contributed by atoms with van der Waals surface area (Å²) < 4.78 is 21.4. The van der Waals surface area contributed by atoms with Crippen LogP contribution in [-0.4, -0.2) is 25.7 Å². The Morgan fingerprint density at radius 1 is 1.50 bits per heavy atom. The van der Waals surface area contributed by atoms with E-state index in [4.69, 9.17) is 4.55 Å². The number of nitrogens with zero attached hydrogens (tertiary/aromatic N) is 1. The van der Waals surface area contributed by atoms with E-state index in [2.05, 4.69) is 20.8 Å². The molecule has 0 aliphatic heterocycles. The highest BCUT2D eigenvalue weighted by molar-refractivity contribution is 7.76. The maximum absolute atomic E-state index is 10.9. The first-order valence-electron chi connectivity index (χ1n) is 4.18. The Morgan fingerprint density at radius 3 is 2.00 bits per heavy atom. The van der Waals surface area contributed by atoms with Crippen LogP contribution in [0.15, 0.2) is 0 Å². The molecule has 12 heavy (non-hydrogen) atoms. The SMILES string of the molecule is CCN(C(C)C(C)(C)C)S(=O)O. The molecule has 0 aromatic carbocycles. The van der Waals surface area contributed by atoms with Crippen molar-refractivity contribution in [2.75, 3.05) is 6.54 Å². The van der Waals surface area contributed by atoms with Crippen LogP contribution in [0.25, 0.3) is 0 Å². The second-order valence-corrected chi connectivity index (χ2v) is 4.94. The van der Waals surface area contributed by atoms with Crippen LogP contribution in [0, 0.1) is 5.41 Å². The minimum Gasteiger partial charge on any atom is -0.294 e. The van der Waals surface area contributed by atoms with Crippen molar-refractivity contribution in [1.82, 2.24) is 4.31 Å². The molecule has 0 fully saturated rings. The topological polar surface area (TPSA) is 40.5 Å². The zero-order valence-corrected chi connectivity index (χ0v) is 9.31. The van der Waals surface area contributed by atoms with Gasteiger partial charge in [-0.1, -0.05) is 27.7 Å². The van der Waals surface area contributed by atoms with Gasteiger partial charge < -0.3 is 0 Å². The molecule has 0 aliphatic rings. The maximum atomic E-state index is 10.9. The third-order valence-corrected chi connectivity index (χ3v) is 3.17. The third-order valence-electron chi connectivity index (χ3n) is 2.20. The van der Waals surface area contributed by atoms with Crippen molar-refractivity contribution in [3.8, 4) is 0 Å². The van der Waals surface area contributed by atoms with Gasteiger partial charge in [-0.3, -0.25) is 4.55 Å². The molecule has 3 nitrogen and oxygen atoms in total. The quantitative estimate of drug-likeness (QED) is 0.695. The van der Waals surface area contributed by atoms with Gasteiger partial charge in [-0.2, -0.15) is 4.31 Å². The molecule has 74 valence electrons.